The molecule has 0 aromatic heterocycles. The van der Waals surface area contributed by atoms with Crippen LogP contribution in [0.5, 0.6) is 0 Å². The highest BCUT2D eigenvalue weighted by Crippen LogP contribution is 2.17. The van der Waals surface area contributed by atoms with Crippen molar-refractivity contribution in [1.82, 2.24) is 10.2 Å². The first-order chi connectivity index (χ1) is 8.15. The van der Waals surface area contributed by atoms with Gasteiger partial charge in [0.25, 0.3) is 0 Å². The molecule has 0 saturated carbocycles. The number of rotatable bonds is 3. The van der Waals surface area contributed by atoms with Gasteiger partial charge in [0, 0.05) is 17.6 Å². The third-order valence-corrected chi connectivity index (χ3v) is 3.68. The smallest absolute Gasteiger partial charge is 0.123 e. The Hall–Kier alpha value is -0.640. The van der Waals surface area contributed by atoms with Crippen molar-refractivity contribution in [3.63, 3.8) is 0 Å². The predicted molar refractivity (Wildman–Crippen MR) is 68.8 cm³/mol. The molecule has 17 heavy (non-hydrogen) atoms. The maximum Gasteiger partial charge on any atom is 0.123 e. The van der Waals surface area contributed by atoms with E-state index in [1.165, 1.54) is 12.1 Å². The van der Waals surface area contributed by atoms with Gasteiger partial charge in [-0.15, -0.1) is 0 Å². The zero-order valence-corrected chi connectivity index (χ0v) is 10.8. The molecular formula is C13H18ClFN2. The van der Waals surface area contributed by atoms with Gasteiger partial charge in [-0.2, -0.15) is 0 Å². The fourth-order valence-electron chi connectivity index (χ4n) is 2.15. The van der Waals surface area contributed by atoms with Crippen LogP contribution in [0.3, 0.4) is 0 Å². The average molecular weight is 257 g/mol. The molecule has 0 amide bonds. The standard InChI is InChI=1S/C13H18ClFN2/c1-17-6-4-12(5-7-17)16-9-10-8-11(15)2-3-13(10)14/h2-3,8,12,16H,4-7,9H2,1H3. The Bertz CT molecular complexity index is 376. The molecule has 0 atom stereocenters. The summed E-state index contributed by atoms with van der Waals surface area (Å²) in [6.45, 7) is 2.88. The highest BCUT2D eigenvalue weighted by molar-refractivity contribution is 6.31. The van der Waals surface area contributed by atoms with Crippen LogP contribution in [0.2, 0.25) is 5.02 Å². The van der Waals surface area contributed by atoms with E-state index in [1.54, 1.807) is 6.07 Å². The Morgan fingerprint density at radius 3 is 2.82 bits per heavy atom. The molecule has 0 aliphatic carbocycles. The van der Waals surface area contributed by atoms with Gasteiger partial charge < -0.3 is 10.2 Å². The van der Waals surface area contributed by atoms with E-state index < -0.39 is 0 Å². The van der Waals surface area contributed by atoms with Gasteiger partial charge in [0.05, 0.1) is 0 Å². The van der Waals surface area contributed by atoms with E-state index in [1.807, 2.05) is 0 Å². The molecule has 1 aliphatic heterocycles. The van der Waals surface area contributed by atoms with Crippen LogP contribution >= 0.6 is 11.6 Å². The summed E-state index contributed by atoms with van der Waals surface area (Å²) in [6.07, 6.45) is 2.28. The second-order valence-electron chi connectivity index (χ2n) is 4.69. The van der Waals surface area contributed by atoms with Gasteiger partial charge in [-0.1, -0.05) is 11.6 Å². The zero-order chi connectivity index (χ0) is 12.3. The lowest BCUT2D eigenvalue weighted by molar-refractivity contribution is 0.234. The van der Waals surface area contributed by atoms with Crippen molar-refractivity contribution in [2.45, 2.75) is 25.4 Å². The number of benzene rings is 1. The van der Waals surface area contributed by atoms with E-state index >= 15 is 0 Å². The molecule has 1 fully saturated rings. The van der Waals surface area contributed by atoms with Gasteiger partial charge >= 0.3 is 0 Å². The Morgan fingerprint density at radius 2 is 2.12 bits per heavy atom. The SMILES string of the molecule is CN1CCC(NCc2cc(F)ccc2Cl)CC1. The molecule has 0 spiro atoms. The van der Waals surface area contributed by atoms with Crippen molar-refractivity contribution in [3.8, 4) is 0 Å². The third-order valence-electron chi connectivity index (χ3n) is 3.31. The molecule has 0 radical (unpaired) electrons. The largest absolute Gasteiger partial charge is 0.310 e. The minimum atomic E-state index is -0.227. The Morgan fingerprint density at radius 1 is 1.41 bits per heavy atom. The summed E-state index contributed by atoms with van der Waals surface area (Å²) in [5, 5.41) is 4.08. The summed E-state index contributed by atoms with van der Waals surface area (Å²) in [4.78, 5) is 2.33. The Kier molecular flexibility index (Phi) is 4.37. The van der Waals surface area contributed by atoms with Gasteiger partial charge in [-0.05, 0) is 56.7 Å². The first-order valence-corrected chi connectivity index (χ1v) is 6.39. The van der Waals surface area contributed by atoms with E-state index in [9.17, 15) is 4.39 Å². The fourth-order valence-corrected chi connectivity index (χ4v) is 2.33. The van der Waals surface area contributed by atoms with Crippen molar-refractivity contribution in [2.24, 2.45) is 0 Å². The molecule has 94 valence electrons. The van der Waals surface area contributed by atoms with Crippen LogP contribution < -0.4 is 5.32 Å². The minimum absolute atomic E-state index is 0.227. The van der Waals surface area contributed by atoms with Crippen LogP contribution in [0, 0.1) is 5.82 Å². The van der Waals surface area contributed by atoms with Gasteiger partial charge in [0.1, 0.15) is 5.82 Å². The van der Waals surface area contributed by atoms with Crippen LogP contribution in [-0.2, 0) is 6.54 Å². The third kappa shape index (κ3) is 3.66. The molecule has 4 heteroatoms. The highest BCUT2D eigenvalue weighted by atomic mass is 35.5. The van der Waals surface area contributed by atoms with Crippen LogP contribution in [0.1, 0.15) is 18.4 Å². The van der Waals surface area contributed by atoms with Crippen molar-refractivity contribution in [3.05, 3.63) is 34.6 Å². The molecule has 1 aliphatic rings. The fraction of sp³-hybridized carbons (Fsp3) is 0.538. The first-order valence-electron chi connectivity index (χ1n) is 6.01. The highest BCUT2D eigenvalue weighted by Gasteiger charge is 2.16. The number of likely N-dealkylation sites (tertiary alicyclic amines) is 1. The van der Waals surface area contributed by atoms with Gasteiger partial charge in [0.2, 0.25) is 0 Å². The number of nitrogens with one attached hydrogen (secondary N) is 1. The number of hydrogen-bond donors (Lipinski definition) is 1. The lowest BCUT2D eigenvalue weighted by Crippen LogP contribution is -2.40. The molecule has 1 heterocycles. The average Bonchev–Trinajstić information content (AvgIpc) is 2.32. The van der Waals surface area contributed by atoms with Gasteiger partial charge in [-0.25, -0.2) is 4.39 Å². The number of nitrogens with zero attached hydrogens (tertiary/aromatic N) is 1. The summed E-state index contributed by atoms with van der Waals surface area (Å²) in [5.41, 5.74) is 0.839. The molecule has 1 saturated heterocycles. The van der Waals surface area contributed by atoms with Gasteiger partial charge in [-0.3, -0.25) is 0 Å². The molecular weight excluding hydrogens is 239 g/mol. The van der Waals surface area contributed by atoms with Crippen molar-refractivity contribution in [2.75, 3.05) is 20.1 Å². The van der Waals surface area contributed by atoms with Crippen LogP contribution in [0.25, 0.3) is 0 Å². The second kappa shape index (κ2) is 5.80. The maximum atomic E-state index is 13.1. The molecule has 2 rings (SSSR count). The number of halogens is 2. The minimum Gasteiger partial charge on any atom is -0.310 e. The van der Waals surface area contributed by atoms with E-state index in [2.05, 4.69) is 17.3 Å². The lowest BCUT2D eigenvalue weighted by atomic mass is 10.1. The van der Waals surface area contributed by atoms with Crippen molar-refractivity contribution >= 4 is 11.6 Å². The van der Waals surface area contributed by atoms with E-state index in [-0.39, 0.29) is 5.82 Å². The first kappa shape index (κ1) is 12.8. The van der Waals surface area contributed by atoms with Crippen LogP contribution in [0.15, 0.2) is 18.2 Å². The van der Waals surface area contributed by atoms with Crippen molar-refractivity contribution < 1.29 is 4.39 Å². The van der Waals surface area contributed by atoms with E-state index in [0.29, 0.717) is 17.6 Å². The molecule has 1 N–H and O–H groups in total. The monoisotopic (exact) mass is 256 g/mol. The van der Waals surface area contributed by atoms with E-state index in [0.717, 1.165) is 31.5 Å². The molecule has 2 nitrogen and oxygen atoms in total. The zero-order valence-electron chi connectivity index (χ0n) is 10.0. The number of piperidine rings is 1. The predicted octanol–water partition coefficient (Wildman–Crippen LogP) is 2.66. The molecule has 1 aromatic carbocycles. The topological polar surface area (TPSA) is 15.3 Å². The maximum absolute atomic E-state index is 13.1. The summed E-state index contributed by atoms with van der Waals surface area (Å²) in [6, 6.07) is 5.03. The quantitative estimate of drug-likeness (QED) is 0.895. The Balaban J connectivity index is 1.87. The summed E-state index contributed by atoms with van der Waals surface area (Å²) < 4.78 is 13.1. The normalized spacial score (nSPS) is 18.5. The Labute approximate surface area is 107 Å². The summed E-state index contributed by atoms with van der Waals surface area (Å²) >= 11 is 6.02. The number of hydrogen-bond acceptors (Lipinski definition) is 2. The summed E-state index contributed by atoms with van der Waals surface area (Å²) in [5.74, 6) is -0.227. The second-order valence-corrected chi connectivity index (χ2v) is 5.10. The van der Waals surface area contributed by atoms with Gasteiger partial charge in [0.15, 0.2) is 0 Å². The molecule has 1 aromatic rings. The lowest BCUT2D eigenvalue weighted by Gasteiger charge is -2.29. The summed E-state index contributed by atoms with van der Waals surface area (Å²) in [7, 11) is 2.14. The molecule has 0 unspecified atom stereocenters. The van der Waals surface area contributed by atoms with Crippen LogP contribution in [-0.4, -0.2) is 31.1 Å². The molecule has 0 bridgehead atoms. The van der Waals surface area contributed by atoms with Crippen molar-refractivity contribution in [1.29, 1.82) is 0 Å². The van der Waals surface area contributed by atoms with E-state index in [4.69, 9.17) is 11.6 Å². The van der Waals surface area contributed by atoms with Crippen LogP contribution in [0.4, 0.5) is 4.39 Å².